The number of benzene rings is 2. The van der Waals surface area contributed by atoms with Gasteiger partial charge in [0, 0.05) is 14.3 Å². The Morgan fingerprint density at radius 1 is 1.16 bits per heavy atom. The van der Waals surface area contributed by atoms with Gasteiger partial charge in [-0.2, -0.15) is 0 Å². The number of aliphatic hydroxyl groups excluding tert-OH is 1. The fraction of sp³-hybridized carbons (Fsp3) is 0.200. The molecule has 4 heteroatoms. The molecule has 100 valence electrons. The van der Waals surface area contributed by atoms with E-state index in [0.29, 0.717) is 0 Å². The third-order valence-electron chi connectivity index (χ3n) is 2.73. The van der Waals surface area contributed by atoms with Crippen LogP contribution in [-0.4, -0.2) is 12.2 Å². The third-order valence-corrected chi connectivity index (χ3v) is 4.73. The monoisotopic (exact) mass is 338 g/mol. The summed E-state index contributed by atoms with van der Waals surface area (Å²) in [4.78, 5) is 2.26. The van der Waals surface area contributed by atoms with E-state index in [2.05, 4.69) is 15.9 Å². The average Bonchev–Trinajstić information content (AvgIpc) is 2.41. The fourth-order valence-corrected chi connectivity index (χ4v) is 3.09. The predicted molar refractivity (Wildman–Crippen MR) is 81.9 cm³/mol. The van der Waals surface area contributed by atoms with E-state index in [1.54, 1.807) is 25.8 Å². The molecule has 2 aromatic carbocycles. The van der Waals surface area contributed by atoms with Crippen LogP contribution >= 0.6 is 27.7 Å². The van der Waals surface area contributed by atoms with Gasteiger partial charge in [-0.05, 0) is 64.8 Å². The number of methoxy groups -OCH3 is 1. The van der Waals surface area contributed by atoms with E-state index >= 15 is 0 Å². The molecule has 1 N–H and O–H groups in total. The van der Waals surface area contributed by atoms with Crippen LogP contribution in [0.1, 0.15) is 18.6 Å². The summed E-state index contributed by atoms with van der Waals surface area (Å²) in [6, 6.07) is 13.9. The topological polar surface area (TPSA) is 29.5 Å². The Balaban J connectivity index is 2.18. The van der Waals surface area contributed by atoms with Crippen molar-refractivity contribution in [2.24, 2.45) is 0 Å². The lowest BCUT2D eigenvalue weighted by atomic mass is 10.1. The maximum absolute atomic E-state index is 9.54. The molecule has 1 atom stereocenters. The van der Waals surface area contributed by atoms with Gasteiger partial charge < -0.3 is 9.84 Å². The third kappa shape index (κ3) is 3.75. The summed E-state index contributed by atoms with van der Waals surface area (Å²) in [5.41, 5.74) is 0.908. The van der Waals surface area contributed by atoms with Crippen LogP contribution in [0.15, 0.2) is 56.7 Å². The molecule has 0 bridgehead atoms. The van der Waals surface area contributed by atoms with Gasteiger partial charge >= 0.3 is 0 Å². The van der Waals surface area contributed by atoms with Crippen LogP contribution in [-0.2, 0) is 0 Å². The van der Waals surface area contributed by atoms with Gasteiger partial charge in [0.2, 0.25) is 0 Å². The van der Waals surface area contributed by atoms with Gasteiger partial charge in [0.05, 0.1) is 13.2 Å². The number of hydrogen-bond acceptors (Lipinski definition) is 3. The molecule has 0 spiro atoms. The van der Waals surface area contributed by atoms with Crippen LogP contribution in [0.4, 0.5) is 0 Å². The second-order valence-corrected chi connectivity index (χ2v) is 6.11. The van der Waals surface area contributed by atoms with Gasteiger partial charge in [-0.3, -0.25) is 0 Å². The second kappa shape index (κ2) is 6.46. The summed E-state index contributed by atoms with van der Waals surface area (Å²) in [5.74, 6) is 0.855. The minimum absolute atomic E-state index is 0.448. The summed E-state index contributed by atoms with van der Waals surface area (Å²) in [5, 5.41) is 9.54. The van der Waals surface area contributed by atoms with Crippen molar-refractivity contribution >= 4 is 27.7 Å². The van der Waals surface area contributed by atoms with E-state index in [-0.39, 0.29) is 0 Å². The summed E-state index contributed by atoms with van der Waals surface area (Å²) in [6.07, 6.45) is -0.448. The number of ether oxygens (including phenoxy) is 1. The minimum atomic E-state index is -0.448. The normalized spacial score (nSPS) is 12.2. The van der Waals surface area contributed by atoms with Crippen molar-refractivity contribution in [1.82, 2.24) is 0 Å². The molecule has 1 unspecified atom stereocenters. The molecule has 19 heavy (non-hydrogen) atoms. The molecule has 0 aliphatic rings. The van der Waals surface area contributed by atoms with Crippen LogP contribution in [0.3, 0.4) is 0 Å². The fourth-order valence-electron chi connectivity index (χ4n) is 1.63. The lowest BCUT2D eigenvalue weighted by molar-refractivity contribution is 0.199. The Kier molecular flexibility index (Phi) is 4.91. The molecule has 0 radical (unpaired) electrons. The standard InChI is InChI=1S/C15H15BrO2S/c1-10(17)11-3-8-15(14(16)9-11)19-13-6-4-12(18-2)5-7-13/h3-10,17H,1-2H3. The Morgan fingerprint density at radius 2 is 1.84 bits per heavy atom. The first-order valence-corrected chi connectivity index (χ1v) is 7.50. The smallest absolute Gasteiger partial charge is 0.118 e. The van der Waals surface area contributed by atoms with Crippen molar-refractivity contribution in [2.75, 3.05) is 7.11 Å². The highest BCUT2D eigenvalue weighted by atomic mass is 79.9. The zero-order chi connectivity index (χ0) is 13.8. The molecule has 0 amide bonds. The Morgan fingerprint density at radius 3 is 2.37 bits per heavy atom. The number of hydrogen-bond donors (Lipinski definition) is 1. The molecule has 2 rings (SSSR count). The largest absolute Gasteiger partial charge is 0.497 e. The zero-order valence-electron chi connectivity index (χ0n) is 10.8. The Labute approximate surface area is 125 Å². The zero-order valence-corrected chi connectivity index (χ0v) is 13.2. The number of halogens is 1. The first-order valence-electron chi connectivity index (χ1n) is 5.89. The SMILES string of the molecule is COc1ccc(Sc2ccc(C(C)O)cc2Br)cc1. The molecule has 2 nitrogen and oxygen atoms in total. The molecule has 0 saturated carbocycles. The molecule has 2 aromatic rings. The second-order valence-electron chi connectivity index (χ2n) is 4.14. The van der Waals surface area contributed by atoms with Gasteiger partial charge in [-0.1, -0.05) is 17.8 Å². The van der Waals surface area contributed by atoms with Gasteiger partial charge in [0.15, 0.2) is 0 Å². The summed E-state index contributed by atoms with van der Waals surface area (Å²) in [6.45, 7) is 1.76. The predicted octanol–water partition coefficient (Wildman–Crippen LogP) is 4.66. The molecule has 0 saturated heterocycles. The quantitative estimate of drug-likeness (QED) is 0.878. The summed E-state index contributed by atoms with van der Waals surface area (Å²) < 4.78 is 6.13. The number of aliphatic hydroxyl groups is 1. The Hall–Kier alpha value is -0.970. The van der Waals surface area contributed by atoms with Crippen molar-refractivity contribution in [3.63, 3.8) is 0 Å². The molecule has 0 heterocycles. The van der Waals surface area contributed by atoms with E-state index in [1.807, 2.05) is 42.5 Å². The maximum Gasteiger partial charge on any atom is 0.118 e. The lowest BCUT2D eigenvalue weighted by Crippen LogP contribution is -1.90. The highest BCUT2D eigenvalue weighted by Gasteiger charge is 2.07. The highest BCUT2D eigenvalue weighted by molar-refractivity contribution is 9.10. The molecule has 0 aromatic heterocycles. The van der Waals surface area contributed by atoms with Crippen molar-refractivity contribution in [1.29, 1.82) is 0 Å². The van der Waals surface area contributed by atoms with Gasteiger partial charge in [-0.15, -0.1) is 0 Å². The minimum Gasteiger partial charge on any atom is -0.497 e. The van der Waals surface area contributed by atoms with E-state index in [1.165, 1.54) is 0 Å². The highest BCUT2D eigenvalue weighted by Crippen LogP contribution is 2.35. The first kappa shape index (κ1) is 14.4. The van der Waals surface area contributed by atoms with Crippen LogP contribution in [0.25, 0.3) is 0 Å². The van der Waals surface area contributed by atoms with Crippen LogP contribution < -0.4 is 4.74 Å². The van der Waals surface area contributed by atoms with Crippen LogP contribution in [0, 0.1) is 0 Å². The van der Waals surface area contributed by atoms with E-state index in [9.17, 15) is 5.11 Å². The first-order chi connectivity index (χ1) is 9.10. The van der Waals surface area contributed by atoms with Crippen molar-refractivity contribution < 1.29 is 9.84 Å². The molecular formula is C15H15BrO2S. The van der Waals surface area contributed by atoms with Crippen LogP contribution in [0.5, 0.6) is 5.75 Å². The van der Waals surface area contributed by atoms with Crippen molar-refractivity contribution in [2.45, 2.75) is 22.8 Å². The van der Waals surface area contributed by atoms with Gasteiger partial charge in [0.25, 0.3) is 0 Å². The summed E-state index contributed by atoms with van der Waals surface area (Å²) >= 11 is 5.21. The van der Waals surface area contributed by atoms with E-state index in [4.69, 9.17) is 4.74 Å². The molecular weight excluding hydrogens is 324 g/mol. The number of rotatable bonds is 4. The van der Waals surface area contributed by atoms with Crippen molar-refractivity contribution in [3.05, 3.63) is 52.5 Å². The van der Waals surface area contributed by atoms with E-state index < -0.39 is 6.10 Å². The van der Waals surface area contributed by atoms with E-state index in [0.717, 1.165) is 25.6 Å². The van der Waals surface area contributed by atoms with Crippen LogP contribution in [0.2, 0.25) is 0 Å². The Bertz CT molecular complexity index is 553. The average molecular weight is 339 g/mol. The molecule has 0 aliphatic heterocycles. The lowest BCUT2D eigenvalue weighted by Gasteiger charge is -2.09. The van der Waals surface area contributed by atoms with Gasteiger partial charge in [0.1, 0.15) is 5.75 Å². The summed E-state index contributed by atoms with van der Waals surface area (Å²) in [7, 11) is 1.66. The molecule has 0 fully saturated rings. The maximum atomic E-state index is 9.54. The molecule has 0 aliphatic carbocycles. The van der Waals surface area contributed by atoms with Gasteiger partial charge in [-0.25, -0.2) is 0 Å². The van der Waals surface area contributed by atoms with Crippen molar-refractivity contribution in [3.8, 4) is 5.75 Å².